The van der Waals surface area contributed by atoms with Crippen molar-refractivity contribution in [3.63, 3.8) is 0 Å². The summed E-state index contributed by atoms with van der Waals surface area (Å²) in [4.78, 5) is 11.9. The number of hydrogen-bond donors (Lipinski definition) is 2. The smallest absolute Gasteiger partial charge is 0.271 e. The van der Waals surface area contributed by atoms with Crippen molar-refractivity contribution in [3.05, 3.63) is 48.0 Å². The number of carbonyl (C=O) groups excluding carboxylic acids is 1. The van der Waals surface area contributed by atoms with E-state index in [-0.39, 0.29) is 24.0 Å². The summed E-state index contributed by atoms with van der Waals surface area (Å²) in [6.07, 6.45) is 1.42. The maximum Gasteiger partial charge on any atom is 0.271 e. The van der Waals surface area contributed by atoms with Gasteiger partial charge in [0.15, 0.2) is 5.69 Å². The van der Waals surface area contributed by atoms with Gasteiger partial charge in [0.25, 0.3) is 5.91 Å². The standard InChI is InChI=1S/C15H18FN3O3/c1-22-10-13(20)6-8-17-15(21)14-7-9-19(18-14)12-4-2-11(16)3-5-12/h2-5,7,9,13,20H,6,8,10H2,1H3,(H,17,21). The minimum atomic E-state index is -0.609. The molecule has 0 saturated carbocycles. The predicted molar refractivity (Wildman–Crippen MR) is 78.4 cm³/mol. The highest BCUT2D eigenvalue weighted by Gasteiger charge is 2.11. The van der Waals surface area contributed by atoms with E-state index in [1.165, 1.54) is 23.9 Å². The Labute approximate surface area is 127 Å². The molecule has 1 aromatic heterocycles. The Bertz CT molecular complexity index is 613. The van der Waals surface area contributed by atoms with Crippen LogP contribution in [0.25, 0.3) is 5.69 Å². The number of carbonyl (C=O) groups is 1. The fourth-order valence-electron chi connectivity index (χ4n) is 1.90. The van der Waals surface area contributed by atoms with E-state index in [2.05, 4.69) is 10.4 Å². The van der Waals surface area contributed by atoms with Crippen LogP contribution in [0, 0.1) is 5.82 Å². The molecule has 0 aliphatic heterocycles. The minimum absolute atomic E-state index is 0.231. The number of nitrogens with zero attached hydrogens (tertiary/aromatic N) is 2. The lowest BCUT2D eigenvalue weighted by Gasteiger charge is -2.09. The maximum atomic E-state index is 12.9. The zero-order valence-electron chi connectivity index (χ0n) is 12.2. The summed E-state index contributed by atoms with van der Waals surface area (Å²) in [5, 5.41) is 16.3. The highest BCUT2D eigenvalue weighted by atomic mass is 19.1. The third-order valence-corrected chi connectivity index (χ3v) is 3.04. The number of aliphatic hydroxyl groups excluding tert-OH is 1. The number of methoxy groups -OCH3 is 1. The van der Waals surface area contributed by atoms with E-state index >= 15 is 0 Å². The Morgan fingerprint density at radius 3 is 2.82 bits per heavy atom. The summed E-state index contributed by atoms with van der Waals surface area (Å²) in [5.74, 6) is -0.658. The number of amides is 1. The second-order valence-electron chi connectivity index (χ2n) is 4.78. The Balaban J connectivity index is 1.90. The first-order valence-corrected chi connectivity index (χ1v) is 6.87. The molecule has 1 unspecified atom stereocenters. The van der Waals surface area contributed by atoms with Gasteiger partial charge in [0.2, 0.25) is 0 Å². The van der Waals surface area contributed by atoms with Gasteiger partial charge in [-0.05, 0) is 36.8 Å². The molecule has 0 spiro atoms. The Kier molecular flexibility index (Phi) is 5.62. The van der Waals surface area contributed by atoms with E-state index in [9.17, 15) is 14.3 Å². The van der Waals surface area contributed by atoms with Crippen LogP contribution in [0.1, 0.15) is 16.9 Å². The summed E-state index contributed by atoms with van der Waals surface area (Å²) in [5.41, 5.74) is 0.918. The van der Waals surface area contributed by atoms with Gasteiger partial charge < -0.3 is 15.2 Å². The molecule has 1 atom stereocenters. The Morgan fingerprint density at radius 2 is 2.14 bits per heavy atom. The molecule has 1 heterocycles. The first-order valence-electron chi connectivity index (χ1n) is 6.87. The molecular formula is C15H18FN3O3. The van der Waals surface area contributed by atoms with Crippen molar-refractivity contribution in [2.75, 3.05) is 20.3 Å². The molecule has 1 amide bonds. The number of aliphatic hydroxyl groups is 1. The van der Waals surface area contributed by atoms with Gasteiger partial charge in [-0.2, -0.15) is 5.10 Å². The van der Waals surface area contributed by atoms with E-state index in [0.29, 0.717) is 18.7 Å². The van der Waals surface area contributed by atoms with Gasteiger partial charge in [-0.1, -0.05) is 0 Å². The summed E-state index contributed by atoms with van der Waals surface area (Å²) in [6, 6.07) is 7.38. The molecule has 0 bridgehead atoms. The molecule has 6 nitrogen and oxygen atoms in total. The SMILES string of the molecule is COCC(O)CCNC(=O)c1ccn(-c2ccc(F)cc2)n1. The number of nitrogens with one attached hydrogen (secondary N) is 1. The normalized spacial score (nSPS) is 12.1. The van der Waals surface area contributed by atoms with E-state index in [1.807, 2.05) is 0 Å². The van der Waals surface area contributed by atoms with Crippen molar-refractivity contribution in [1.82, 2.24) is 15.1 Å². The van der Waals surface area contributed by atoms with Crippen molar-refractivity contribution in [3.8, 4) is 5.69 Å². The fourth-order valence-corrected chi connectivity index (χ4v) is 1.90. The van der Waals surface area contributed by atoms with Crippen LogP contribution in [0.5, 0.6) is 0 Å². The topological polar surface area (TPSA) is 76.4 Å². The second-order valence-corrected chi connectivity index (χ2v) is 4.78. The maximum absolute atomic E-state index is 12.9. The first kappa shape index (κ1) is 16.1. The summed E-state index contributed by atoms with van der Waals surface area (Å²) < 4.78 is 19.2. The van der Waals surface area contributed by atoms with Gasteiger partial charge in [0.05, 0.1) is 18.4 Å². The molecule has 22 heavy (non-hydrogen) atoms. The molecule has 0 aliphatic rings. The van der Waals surface area contributed by atoms with Crippen molar-refractivity contribution < 1.29 is 19.0 Å². The van der Waals surface area contributed by atoms with Crippen LogP contribution in [0.4, 0.5) is 4.39 Å². The number of ether oxygens (including phenoxy) is 1. The number of benzene rings is 1. The van der Waals surface area contributed by atoms with E-state index in [4.69, 9.17) is 4.74 Å². The molecule has 118 valence electrons. The molecule has 2 rings (SSSR count). The largest absolute Gasteiger partial charge is 0.391 e. The average Bonchev–Trinajstić information content (AvgIpc) is 2.98. The molecule has 2 N–H and O–H groups in total. The van der Waals surface area contributed by atoms with Gasteiger partial charge in [0.1, 0.15) is 5.82 Å². The molecule has 0 aliphatic carbocycles. The van der Waals surface area contributed by atoms with Crippen LogP contribution in [0.3, 0.4) is 0 Å². The molecule has 2 aromatic rings. The minimum Gasteiger partial charge on any atom is -0.391 e. The second kappa shape index (κ2) is 7.67. The Morgan fingerprint density at radius 1 is 1.41 bits per heavy atom. The number of hydrogen-bond acceptors (Lipinski definition) is 4. The predicted octanol–water partition coefficient (Wildman–Crippen LogP) is 1.14. The lowest BCUT2D eigenvalue weighted by Crippen LogP contribution is -2.28. The van der Waals surface area contributed by atoms with Gasteiger partial charge in [-0.3, -0.25) is 4.79 Å². The lowest BCUT2D eigenvalue weighted by atomic mass is 10.2. The number of aromatic nitrogens is 2. The van der Waals surface area contributed by atoms with E-state index < -0.39 is 6.10 Å². The quantitative estimate of drug-likeness (QED) is 0.804. The molecule has 0 radical (unpaired) electrons. The van der Waals surface area contributed by atoms with E-state index in [0.717, 1.165) is 0 Å². The fraction of sp³-hybridized carbons (Fsp3) is 0.333. The van der Waals surface area contributed by atoms with Crippen molar-refractivity contribution >= 4 is 5.91 Å². The van der Waals surface area contributed by atoms with Gasteiger partial charge >= 0.3 is 0 Å². The van der Waals surface area contributed by atoms with Crippen molar-refractivity contribution in [1.29, 1.82) is 0 Å². The molecule has 0 saturated heterocycles. The Hall–Kier alpha value is -2.25. The molecule has 1 aromatic carbocycles. The van der Waals surface area contributed by atoms with Crippen LogP contribution < -0.4 is 5.32 Å². The number of halogens is 1. The third-order valence-electron chi connectivity index (χ3n) is 3.04. The zero-order valence-corrected chi connectivity index (χ0v) is 12.2. The van der Waals surface area contributed by atoms with Crippen LogP contribution in [0.15, 0.2) is 36.5 Å². The highest BCUT2D eigenvalue weighted by Crippen LogP contribution is 2.09. The van der Waals surface area contributed by atoms with Gasteiger partial charge in [0, 0.05) is 19.9 Å². The molecule has 7 heteroatoms. The third kappa shape index (κ3) is 4.37. The van der Waals surface area contributed by atoms with Gasteiger partial charge in [-0.25, -0.2) is 9.07 Å². The van der Waals surface area contributed by atoms with Crippen molar-refractivity contribution in [2.45, 2.75) is 12.5 Å². The summed E-state index contributed by atoms with van der Waals surface area (Å²) >= 11 is 0. The van der Waals surface area contributed by atoms with Gasteiger partial charge in [-0.15, -0.1) is 0 Å². The first-order chi connectivity index (χ1) is 10.6. The van der Waals surface area contributed by atoms with Crippen LogP contribution in [0.2, 0.25) is 0 Å². The monoisotopic (exact) mass is 307 g/mol. The van der Waals surface area contributed by atoms with E-state index in [1.54, 1.807) is 24.4 Å². The van der Waals surface area contributed by atoms with Crippen molar-refractivity contribution in [2.24, 2.45) is 0 Å². The zero-order chi connectivity index (χ0) is 15.9. The summed E-state index contributed by atoms with van der Waals surface area (Å²) in [7, 11) is 1.50. The number of rotatable bonds is 7. The average molecular weight is 307 g/mol. The van der Waals surface area contributed by atoms with Crippen LogP contribution >= 0.6 is 0 Å². The molecular weight excluding hydrogens is 289 g/mol. The van der Waals surface area contributed by atoms with Crippen LogP contribution in [-0.2, 0) is 4.74 Å². The lowest BCUT2D eigenvalue weighted by molar-refractivity contribution is 0.0587. The summed E-state index contributed by atoms with van der Waals surface area (Å²) in [6.45, 7) is 0.557. The van der Waals surface area contributed by atoms with Crippen LogP contribution in [-0.4, -0.2) is 47.2 Å². The molecule has 0 fully saturated rings. The highest BCUT2D eigenvalue weighted by molar-refractivity contribution is 5.92.